The number of hydrogen-bond donors (Lipinski definition) is 2. The quantitative estimate of drug-likeness (QED) is 0.689. The molecule has 3 atom stereocenters. The first-order valence-corrected chi connectivity index (χ1v) is 10.3. The number of aryl methyl sites for hydroxylation is 1. The van der Waals surface area contributed by atoms with E-state index in [1.165, 1.54) is 19.1 Å². The van der Waals surface area contributed by atoms with Gasteiger partial charge in [-0.1, -0.05) is 0 Å². The Morgan fingerprint density at radius 1 is 1.03 bits per heavy atom. The second kappa shape index (κ2) is 8.20. The predicted molar refractivity (Wildman–Crippen MR) is 108 cm³/mol. The van der Waals surface area contributed by atoms with Crippen LogP contribution in [0.2, 0.25) is 0 Å². The Balaban J connectivity index is 1.59. The van der Waals surface area contributed by atoms with Gasteiger partial charge in [0.05, 0.1) is 11.7 Å². The first kappa shape index (κ1) is 22.3. The summed E-state index contributed by atoms with van der Waals surface area (Å²) in [6.45, 7) is 1.50. The van der Waals surface area contributed by atoms with E-state index in [0.29, 0.717) is 18.9 Å². The zero-order valence-corrected chi connectivity index (χ0v) is 17.2. The molecule has 2 saturated heterocycles. The van der Waals surface area contributed by atoms with Gasteiger partial charge in [-0.2, -0.15) is 8.78 Å². The minimum atomic E-state index is -4.18. The van der Waals surface area contributed by atoms with Crippen LogP contribution in [0.1, 0.15) is 47.2 Å². The van der Waals surface area contributed by atoms with Gasteiger partial charge in [0, 0.05) is 23.3 Å². The van der Waals surface area contributed by atoms with Gasteiger partial charge in [-0.15, -0.1) is 0 Å². The Morgan fingerprint density at radius 3 is 2.28 bits per heavy atom. The van der Waals surface area contributed by atoms with E-state index in [1.807, 2.05) is 0 Å². The Bertz CT molecular complexity index is 1060. The SMILES string of the molecule is Cc1cc(NC(=O)c2ccc(F)c(C(F)(F)C(=O)N3[C@@H]4CC[C@H]3C[C@H](O)C4)c2)ccc1F. The van der Waals surface area contributed by atoms with Gasteiger partial charge in [0.2, 0.25) is 0 Å². The number of nitrogens with one attached hydrogen (secondary N) is 1. The summed E-state index contributed by atoms with van der Waals surface area (Å²) >= 11 is 0. The first-order chi connectivity index (χ1) is 15.1. The van der Waals surface area contributed by atoms with Crippen LogP contribution in [0.15, 0.2) is 36.4 Å². The standard InChI is InChI=1S/C23H22F4N2O3/c1-12-8-14(3-7-19(12)24)28-21(31)13-2-6-20(25)18(9-13)23(26,27)22(32)29-15-4-5-16(29)11-17(30)10-15/h2-3,6-9,15-17,30H,4-5,10-11H2,1H3,(H,28,31)/t15-,16+,17-. The van der Waals surface area contributed by atoms with E-state index < -0.39 is 53.1 Å². The third-order valence-corrected chi connectivity index (χ3v) is 6.19. The molecule has 0 aliphatic carbocycles. The van der Waals surface area contributed by atoms with E-state index in [0.717, 1.165) is 23.1 Å². The van der Waals surface area contributed by atoms with Gasteiger partial charge in [0.15, 0.2) is 0 Å². The van der Waals surface area contributed by atoms with E-state index in [-0.39, 0.29) is 29.7 Å². The van der Waals surface area contributed by atoms with Crippen molar-refractivity contribution in [2.75, 3.05) is 5.32 Å². The molecule has 2 aromatic rings. The Hall–Kier alpha value is -2.94. The van der Waals surface area contributed by atoms with Crippen molar-refractivity contribution < 1.29 is 32.3 Å². The number of anilines is 1. The summed E-state index contributed by atoms with van der Waals surface area (Å²) in [6, 6.07) is 5.22. The van der Waals surface area contributed by atoms with Crippen molar-refractivity contribution in [1.29, 1.82) is 0 Å². The van der Waals surface area contributed by atoms with Crippen LogP contribution < -0.4 is 5.32 Å². The molecule has 9 heteroatoms. The third-order valence-electron chi connectivity index (χ3n) is 6.19. The molecule has 5 nitrogen and oxygen atoms in total. The molecule has 4 rings (SSSR count). The molecular weight excluding hydrogens is 428 g/mol. The maximum absolute atomic E-state index is 15.2. The number of hydrogen-bond acceptors (Lipinski definition) is 3. The molecule has 0 spiro atoms. The largest absolute Gasteiger partial charge is 0.393 e. The smallest absolute Gasteiger partial charge is 0.352 e. The molecule has 2 aliphatic heterocycles. The molecule has 0 radical (unpaired) electrons. The maximum atomic E-state index is 15.2. The number of fused-ring (bicyclic) bond motifs is 2. The van der Waals surface area contributed by atoms with Crippen LogP contribution in [-0.4, -0.2) is 40.0 Å². The summed E-state index contributed by atoms with van der Waals surface area (Å²) in [6.07, 6.45) is 0.779. The molecule has 2 heterocycles. The molecule has 32 heavy (non-hydrogen) atoms. The highest BCUT2D eigenvalue weighted by atomic mass is 19.3. The highest BCUT2D eigenvalue weighted by Crippen LogP contribution is 2.41. The van der Waals surface area contributed by atoms with Crippen molar-refractivity contribution in [3.8, 4) is 0 Å². The number of aliphatic hydroxyl groups is 1. The molecule has 0 unspecified atom stereocenters. The van der Waals surface area contributed by atoms with Crippen molar-refractivity contribution in [3.05, 3.63) is 64.7 Å². The van der Waals surface area contributed by atoms with Crippen LogP contribution >= 0.6 is 0 Å². The number of halogens is 4. The van der Waals surface area contributed by atoms with Crippen LogP contribution in [0, 0.1) is 18.6 Å². The van der Waals surface area contributed by atoms with Crippen LogP contribution in [0.5, 0.6) is 0 Å². The molecule has 0 saturated carbocycles. The molecule has 2 N–H and O–H groups in total. The molecule has 2 aromatic carbocycles. The van der Waals surface area contributed by atoms with Crippen LogP contribution in [0.3, 0.4) is 0 Å². The lowest BCUT2D eigenvalue weighted by atomic mass is 9.96. The van der Waals surface area contributed by atoms with E-state index >= 15 is 8.78 Å². The highest BCUT2D eigenvalue weighted by molar-refractivity contribution is 6.04. The average molecular weight is 450 g/mol. The van der Waals surface area contributed by atoms with Crippen LogP contribution in [0.4, 0.5) is 23.2 Å². The minimum absolute atomic E-state index is 0.209. The molecule has 0 aromatic heterocycles. The van der Waals surface area contributed by atoms with Crippen LogP contribution in [0.25, 0.3) is 0 Å². The maximum Gasteiger partial charge on any atom is 0.352 e. The molecule has 2 amide bonds. The van der Waals surface area contributed by atoms with Gasteiger partial charge in [0.1, 0.15) is 11.6 Å². The lowest BCUT2D eigenvalue weighted by Crippen LogP contribution is -2.53. The number of rotatable bonds is 4. The molecule has 2 bridgehead atoms. The zero-order valence-electron chi connectivity index (χ0n) is 17.2. The van der Waals surface area contributed by atoms with Gasteiger partial charge >= 0.3 is 5.92 Å². The van der Waals surface area contributed by atoms with E-state index in [4.69, 9.17) is 0 Å². The Kier molecular flexibility index (Phi) is 5.70. The molecule has 2 aliphatic rings. The van der Waals surface area contributed by atoms with Crippen molar-refractivity contribution in [2.24, 2.45) is 0 Å². The highest BCUT2D eigenvalue weighted by Gasteiger charge is 2.53. The second-order valence-corrected chi connectivity index (χ2v) is 8.41. The monoisotopic (exact) mass is 450 g/mol. The second-order valence-electron chi connectivity index (χ2n) is 8.41. The fourth-order valence-electron chi connectivity index (χ4n) is 4.59. The van der Waals surface area contributed by atoms with E-state index in [9.17, 15) is 23.5 Å². The zero-order chi connectivity index (χ0) is 23.2. The minimum Gasteiger partial charge on any atom is -0.393 e. The summed E-state index contributed by atoms with van der Waals surface area (Å²) in [5.41, 5.74) is -0.934. The Morgan fingerprint density at radius 2 is 1.66 bits per heavy atom. The molecule has 170 valence electrons. The number of nitrogens with zero attached hydrogens (tertiary/aromatic N) is 1. The lowest BCUT2D eigenvalue weighted by Gasteiger charge is -2.39. The van der Waals surface area contributed by atoms with Gasteiger partial charge in [0.25, 0.3) is 11.8 Å². The average Bonchev–Trinajstić information content (AvgIpc) is 3.00. The Labute approximate surface area is 182 Å². The summed E-state index contributed by atoms with van der Waals surface area (Å²) in [5, 5.41) is 12.3. The first-order valence-electron chi connectivity index (χ1n) is 10.3. The van der Waals surface area contributed by atoms with Gasteiger partial charge in [-0.3, -0.25) is 9.59 Å². The van der Waals surface area contributed by atoms with Crippen LogP contribution in [-0.2, 0) is 10.7 Å². The number of carbonyl (C=O) groups excluding carboxylic acids is 2. The fraction of sp³-hybridized carbons (Fsp3) is 0.391. The van der Waals surface area contributed by atoms with Gasteiger partial charge < -0.3 is 15.3 Å². The van der Waals surface area contributed by atoms with Crippen molar-refractivity contribution in [3.63, 3.8) is 0 Å². The van der Waals surface area contributed by atoms with Gasteiger partial charge in [-0.05, 0) is 74.6 Å². The summed E-state index contributed by atoms with van der Waals surface area (Å²) in [5.74, 6) is -8.29. The molecule has 2 fully saturated rings. The fourth-order valence-corrected chi connectivity index (χ4v) is 4.59. The summed E-state index contributed by atoms with van der Waals surface area (Å²) in [4.78, 5) is 26.4. The topological polar surface area (TPSA) is 69.6 Å². The lowest BCUT2D eigenvalue weighted by molar-refractivity contribution is -0.166. The van der Waals surface area contributed by atoms with Gasteiger partial charge in [-0.25, -0.2) is 8.78 Å². The number of amides is 2. The van der Waals surface area contributed by atoms with E-state index in [1.54, 1.807) is 0 Å². The van der Waals surface area contributed by atoms with Crippen molar-refractivity contribution >= 4 is 17.5 Å². The number of benzene rings is 2. The third kappa shape index (κ3) is 3.97. The number of alkyl halides is 2. The van der Waals surface area contributed by atoms with E-state index in [2.05, 4.69) is 5.32 Å². The van der Waals surface area contributed by atoms with Crippen molar-refractivity contribution in [2.45, 2.75) is 56.7 Å². The predicted octanol–water partition coefficient (Wildman–Crippen LogP) is 4.13. The normalized spacial score (nSPS) is 22.7. The number of piperidine rings is 1. The van der Waals surface area contributed by atoms with Crippen molar-refractivity contribution in [1.82, 2.24) is 4.90 Å². The number of aliphatic hydroxyl groups excluding tert-OH is 1. The number of carbonyl (C=O) groups is 2. The summed E-state index contributed by atoms with van der Waals surface area (Å²) < 4.78 is 58.1. The molecular formula is C23H22F4N2O3. The summed E-state index contributed by atoms with van der Waals surface area (Å²) in [7, 11) is 0.